The van der Waals surface area contributed by atoms with E-state index in [0.29, 0.717) is 6.61 Å². The molecule has 1 aromatic rings. The van der Waals surface area contributed by atoms with Gasteiger partial charge in [-0.05, 0) is 44.0 Å². The Hall–Kier alpha value is -1.22. The highest BCUT2D eigenvalue weighted by molar-refractivity contribution is 5.49. The first-order valence-corrected chi connectivity index (χ1v) is 5.95. The molecule has 0 aliphatic carbocycles. The Labute approximate surface area is 96.6 Å². The average molecular weight is 221 g/mol. The molecule has 0 spiro atoms. The van der Waals surface area contributed by atoms with Gasteiger partial charge in [-0.15, -0.1) is 0 Å². The largest absolute Gasteiger partial charge is 0.494 e. The molecular formula is C13H19NO2. The van der Waals surface area contributed by atoms with Crippen LogP contribution in [0, 0.1) is 0 Å². The molecule has 88 valence electrons. The number of hydrogen-bond donors (Lipinski definition) is 1. The van der Waals surface area contributed by atoms with Crippen molar-refractivity contribution < 1.29 is 9.84 Å². The van der Waals surface area contributed by atoms with Crippen molar-refractivity contribution >= 4 is 5.69 Å². The average Bonchev–Trinajstić information content (AvgIpc) is 2.30. The minimum atomic E-state index is -0.180. The summed E-state index contributed by atoms with van der Waals surface area (Å²) in [4.78, 5) is 2.23. The maximum Gasteiger partial charge on any atom is 0.119 e. The summed E-state index contributed by atoms with van der Waals surface area (Å²) in [6, 6.07) is 8.09. The molecule has 1 aliphatic heterocycles. The Kier molecular flexibility index (Phi) is 3.67. The van der Waals surface area contributed by atoms with E-state index in [1.54, 1.807) is 0 Å². The van der Waals surface area contributed by atoms with Gasteiger partial charge in [0.1, 0.15) is 5.75 Å². The van der Waals surface area contributed by atoms with Crippen LogP contribution in [0.3, 0.4) is 0 Å². The molecule has 0 bridgehead atoms. The lowest BCUT2D eigenvalue weighted by molar-refractivity contribution is 0.154. The maximum atomic E-state index is 9.61. The van der Waals surface area contributed by atoms with Crippen molar-refractivity contribution in [2.45, 2.75) is 25.9 Å². The Balaban J connectivity index is 2.03. The third kappa shape index (κ3) is 2.67. The fourth-order valence-electron chi connectivity index (χ4n) is 2.11. The lowest BCUT2D eigenvalue weighted by Gasteiger charge is -2.32. The zero-order valence-corrected chi connectivity index (χ0v) is 9.72. The van der Waals surface area contributed by atoms with E-state index in [1.807, 2.05) is 19.1 Å². The zero-order chi connectivity index (χ0) is 11.4. The first-order chi connectivity index (χ1) is 7.79. The van der Waals surface area contributed by atoms with Gasteiger partial charge >= 0.3 is 0 Å². The maximum absolute atomic E-state index is 9.61. The van der Waals surface area contributed by atoms with E-state index in [1.165, 1.54) is 5.69 Å². The minimum absolute atomic E-state index is 0.180. The fourth-order valence-corrected chi connectivity index (χ4v) is 2.11. The van der Waals surface area contributed by atoms with Gasteiger partial charge in [0.05, 0.1) is 12.7 Å². The third-order valence-electron chi connectivity index (χ3n) is 2.91. The van der Waals surface area contributed by atoms with Crippen LogP contribution >= 0.6 is 0 Å². The highest BCUT2D eigenvalue weighted by Crippen LogP contribution is 2.22. The summed E-state index contributed by atoms with van der Waals surface area (Å²) in [5, 5.41) is 9.61. The van der Waals surface area contributed by atoms with Crippen LogP contribution in [0.1, 0.15) is 19.8 Å². The van der Waals surface area contributed by atoms with Crippen molar-refractivity contribution in [1.29, 1.82) is 0 Å². The van der Waals surface area contributed by atoms with Crippen molar-refractivity contribution in [3.8, 4) is 5.75 Å². The predicted molar refractivity (Wildman–Crippen MR) is 65.1 cm³/mol. The van der Waals surface area contributed by atoms with E-state index in [-0.39, 0.29) is 6.10 Å². The number of benzene rings is 1. The topological polar surface area (TPSA) is 32.7 Å². The number of piperidine rings is 1. The third-order valence-corrected chi connectivity index (χ3v) is 2.91. The number of ether oxygens (including phenoxy) is 1. The van der Waals surface area contributed by atoms with Gasteiger partial charge in [0.15, 0.2) is 0 Å². The Bertz CT molecular complexity index is 323. The Morgan fingerprint density at radius 1 is 1.38 bits per heavy atom. The van der Waals surface area contributed by atoms with Crippen LogP contribution < -0.4 is 9.64 Å². The first kappa shape index (κ1) is 11.3. The van der Waals surface area contributed by atoms with Gasteiger partial charge in [-0.25, -0.2) is 0 Å². The SMILES string of the molecule is CCOc1ccc(N2CCCC(O)C2)cc1. The number of nitrogens with zero attached hydrogens (tertiary/aromatic N) is 1. The molecule has 1 aromatic carbocycles. The van der Waals surface area contributed by atoms with E-state index >= 15 is 0 Å². The molecule has 3 nitrogen and oxygen atoms in total. The molecule has 1 saturated heterocycles. The summed E-state index contributed by atoms with van der Waals surface area (Å²) < 4.78 is 5.40. The molecule has 1 fully saturated rings. The number of hydrogen-bond acceptors (Lipinski definition) is 3. The summed E-state index contributed by atoms with van der Waals surface area (Å²) in [6.45, 7) is 4.45. The normalized spacial score (nSPS) is 20.9. The molecule has 16 heavy (non-hydrogen) atoms. The number of β-amino-alcohol motifs (C(OH)–C–C–N with tert-alkyl or cyclic N) is 1. The van der Waals surface area contributed by atoms with Crippen molar-refractivity contribution in [1.82, 2.24) is 0 Å². The fraction of sp³-hybridized carbons (Fsp3) is 0.538. The van der Waals surface area contributed by atoms with E-state index < -0.39 is 0 Å². The lowest BCUT2D eigenvalue weighted by Crippen LogP contribution is -2.38. The minimum Gasteiger partial charge on any atom is -0.494 e. The van der Waals surface area contributed by atoms with E-state index in [0.717, 1.165) is 31.7 Å². The molecule has 1 heterocycles. The van der Waals surface area contributed by atoms with Crippen LogP contribution in [0.15, 0.2) is 24.3 Å². The molecule has 1 unspecified atom stereocenters. The molecule has 0 amide bonds. The molecule has 1 aliphatic rings. The highest BCUT2D eigenvalue weighted by atomic mass is 16.5. The van der Waals surface area contributed by atoms with Crippen LogP contribution in [-0.4, -0.2) is 30.9 Å². The molecule has 0 radical (unpaired) electrons. The summed E-state index contributed by atoms with van der Waals surface area (Å²) in [5.74, 6) is 0.906. The molecule has 1 N–H and O–H groups in total. The van der Waals surface area contributed by atoms with Crippen LogP contribution in [0.2, 0.25) is 0 Å². The quantitative estimate of drug-likeness (QED) is 0.848. The van der Waals surface area contributed by atoms with Crippen molar-refractivity contribution in [3.63, 3.8) is 0 Å². The van der Waals surface area contributed by atoms with Crippen molar-refractivity contribution in [2.24, 2.45) is 0 Å². The second-order valence-corrected chi connectivity index (χ2v) is 4.17. The Morgan fingerprint density at radius 3 is 2.75 bits per heavy atom. The summed E-state index contributed by atoms with van der Waals surface area (Å²) in [7, 11) is 0. The molecular weight excluding hydrogens is 202 g/mol. The summed E-state index contributed by atoms with van der Waals surface area (Å²) in [5.41, 5.74) is 1.17. The summed E-state index contributed by atoms with van der Waals surface area (Å²) >= 11 is 0. The monoisotopic (exact) mass is 221 g/mol. The molecule has 2 rings (SSSR count). The van der Waals surface area contributed by atoms with Gasteiger partial charge in [-0.1, -0.05) is 0 Å². The van der Waals surface area contributed by atoms with E-state index in [9.17, 15) is 5.11 Å². The molecule has 3 heteroatoms. The second-order valence-electron chi connectivity index (χ2n) is 4.17. The second kappa shape index (κ2) is 5.21. The number of rotatable bonds is 3. The van der Waals surface area contributed by atoms with Crippen LogP contribution in [0.4, 0.5) is 5.69 Å². The smallest absolute Gasteiger partial charge is 0.119 e. The first-order valence-electron chi connectivity index (χ1n) is 5.95. The van der Waals surface area contributed by atoms with Gasteiger partial charge in [-0.2, -0.15) is 0 Å². The van der Waals surface area contributed by atoms with Crippen LogP contribution in [0.25, 0.3) is 0 Å². The standard InChI is InChI=1S/C13H19NO2/c1-2-16-13-7-5-11(6-8-13)14-9-3-4-12(15)10-14/h5-8,12,15H,2-4,9-10H2,1H3. The van der Waals surface area contributed by atoms with Crippen molar-refractivity contribution in [2.75, 3.05) is 24.6 Å². The van der Waals surface area contributed by atoms with Crippen LogP contribution in [0.5, 0.6) is 5.75 Å². The van der Waals surface area contributed by atoms with E-state index in [4.69, 9.17) is 4.74 Å². The highest BCUT2D eigenvalue weighted by Gasteiger charge is 2.17. The van der Waals surface area contributed by atoms with Gasteiger partial charge in [0.2, 0.25) is 0 Å². The van der Waals surface area contributed by atoms with Gasteiger partial charge < -0.3 is 14.7 Å². The van der Waals surface area contributed by atoms with Crippen molar-refractivity contribution in [3.05, 3.63) is 24.3 Å². The predicted octanol–water partition coefficient (Wildman–Crippen LogP) is 2.05. The number of aliphatic hydroxyl groups is 1. The van der Waals surface area contributed by atoms with E-state index in [2.05, 4.69) is 17.0 Å². The number of anilines is 1. The Morgan fingerprint density at radius 2 is 2.12 bits per heavy atom. The molecule has 0 aromatic heterocycles. The lowest BCUT2D eigenvalue weighted by atomic mass is 10.1. The molecule has 0 saturated carbocycles. The van der Waals surface area contributed by atoms with Crippen LogP contribution in [-0.2, 0) is 0 Å². The van der Waals surface area contributed by atoms with Gasteiger partial charge in [0, 0.05) is 18.8 Å². The van der Waals surface area contributed by atoms with Gasteiger partial charge in [-0.3, -0.25) is 0 Å². The number of aliphatic hydroxyl groups excluding tert-OH is 1. The van der Waals surface area contributed by atoms with Gasteiger partial charge in [0.25, 0.3) is 0 Å². The zero-order valence-electron chi connectivity index (χ0n) is 9.72. The molecule has 1 atom stereocenters. The summed E-state index contributed by atoms with van der Waals surface area (Å²) in [6.07, 6.45) is 1.81.